The first-order valence-electron chi connectivity index (χ1n) is 6.93. The van der Waals surface area contributed by atoms with Gasteiger partial charge in [0.05, 0.1) is 18.0 Å². The number of rotatable bonds is 9. The maximum atomic E-state index is 5.57. The minimum Gasteiger partial charge on any atom is -0.383 e. The van der Waals surface area contributed by atoms with Crippen molar-refractivity contribution in [3.8, 4) is 0 Å². The topological polar surface area (TPSA) is 77.2 Å². The Morgan fingerprint density at radius 3 is 2.42 bits per heavy atom. The van der Waals surface area contributed by atoms with Crippen LogP contribution in [-0.2, 0) is 17.6 Å². The summed E-state index contributed by atoms with van der Waals surface area (Å²) in [6, 6.07) is 0. The fourth-order valence-electron chi connectivity index (χ4n) is 1.86. The van der Waals surface area contributed by atoms with Gasteiger partial charge in [-0.3, -0.25) is 0 Å². The van der Waals surface area contributed by atoms with E-state index in [4.69, 9.17) is 10.5 Å². The fraction of sp³-hybridized carbons (Fsp3) is 0.769. The van der Waals surface area contributed by atoms with Crippen molar-refractivity contribution in [1.82, 2.24) is 15.2 Å². The third-order valence-electron chi connectivity index (χ3n) is 2.98. The zero-order valence-corrected chi connectivity index (χ0v) is 12.2. The van der Waals surface area contributed by atoms with Crippen LogP contribution in [0.1, 0.15) is 31.7 Å². The second-order valence-corrected chi connectivity index (χ2v) is 4.33. The summed E-state index contributed by atoms with van der Waals surface area (Å²) in [5.41, 5.74) is 7.58. The molecule has 1 aromatic heterocycles. The number of ether oxygens (including phenoxy) is 1. The van der Waals surface area contributed by atoms with E-state index in [9.17, 15) is 0 Å². The van der Waals surface area contributed by atoms with E-state index < -0.39 is 0 Å². The van der Waals surface area contributed by atoms with E-state index in [-0.39, 0.29) is 0 Å². The Labute approximate surface area is 115 Å². The summed E-state index contributed by atoms with van der Waals surface area (Å²) in [5, 5.41) is 8.51. The SMILES string of the molecule is CCc1nnc(N(CCCN)CCOC)nc1CC. The Bertz CT molecular complexity index is 364. The number of nitrogens with two attached hydrogens (primary N) is 1. The number of aryl methyl sites for hydroxylation is 2. The standard InChI is InChI=1S/C13H25N5O/c1-4-11-12(5-2)16-17-13(15-11)18(8-6-7-14)9-10-19-3/h4-10,14H2,1-3H3. The molecule has 0 aliphatic carbocycles. The number of aromatic nitrogens is 3. The highest BCUT2D eigenvalue weighted by molar-refractivity contribution is 5.30. The molecule has 0 saturated carbocycles. The van der Waals surface area contributed by atoms with Crippen molar-refractivity contribution in [2.24, 2.45) is 5.73 Å². The van der Waals surface area contributed by atoms with Gasteiger partial charge in [-0.25, -0.2) is 4.98 Å². The molecule has 0 atom stereocenters. The minimum atomic E-state index is 0.644. The lowest BCUT2D eigenvalue weighted by Gasteiger charge is -2.22. The molecule has 0 amide bonds. The van der Waals surface area contributed by atoms with E-state index in [0.29, 0.717) is 19.1 Å². The molecule has 0 fully saturated rings. The highest BCUT2D eigenvalue weighted by atomic mass is 16.5. The number of nitrogens with zero attached hydrogens (tertiary/aromatic N) is 4. The number of methoxy groups -OCH3 is 1. The average Bonchev–Trinajstić information content (AvgIpc) is 2.46. The van der Waals surface area contributed by atoms with Gasteiger partial charge in [0.1, 0.15) is 0 Å². The summed E-state index contributed by atoms with van der Waals surface area (Å²) in [6.45, 7) is 7.05. The molecule has 0 bridgehead atoms. The summed E-state index contributed by atoms with van der Waals surface area (Å²) in [5.74, 6) is 0.680. The van der Waals surface area contributed by atoms with Gasteiger partial charge in [0.2, 0.25) is 5.95 Å². The number of hydrogen-bond acceptors (Lipinski definition) is 6. The van der Waals surface area contributed by atoms with Crippen molar-refractivity contribution in [2.75, 3.05) is 38.3 Å². The van der Waals surface area contributed by atoms with Crippen LogP contribution in [0.2, 0.25) is 0 Å². The van der Waals surface area contributed by atoms with Crippen molar-refractivity contribution >= 4 is 5.95 Å². The predicted molar refractivity (Wildman–Crippen MR) is 76.3 cm³/mol. The summed E-state index contributed by atoms with van der Waals surface area (Å²) < 4.78 is 5.13. The number of anilines is 1. The molecule has 2 N–H and O–H groups in total. The van der Waals surface area contributed by atoms with Gasteiger partial charge in [-0.05, 0) is 25.8 Å². The molecule has 0 aliphatic rings. The first-order valence-corrected chi connectivity index (χ1v) is 6.93. The van der Waals surface area contributed by atoms with Crippen molar-refractivity contribution in [3.05, 3.63) is 11.4 Å². The molecule has 1 rings (SSSR count). The normalized spacial score (nSPS) is 10.7. The molecule has 1 aromatic rings. The van der Waals surface area contributed by atoms with E-state index in [0.717, 1.165) is 43.7 Å². The molecule has 19 heavy (non-hydrogen) atoms. The molecule has 0 radical (unpaired) electrons. The Balaban J connectivity index is 2.87. The first-order chi connectivity index (χ1) is 9.26. The summed E-state index contributed by atoms with van der Waals surface area (Å²) in [4.78, 5) is 6.71. The minimum absolute atomic E-state index is 0.644. The van der Waals surface area contributed by atoms with Crippen molar-refractivity contribution in [3.63, 3.8) is 0 Å². The molecule has 6 heteroatoms. The van der Waals surface area contributed by atoms with Crippen LogP contribution in [0, 0.1) is 0 Å². The third kappa shape index (κ3) is 4.72. The van der Waals surface area contributed by atoms with Crippen LogP contribution in [0.25, 0.3) is 0 Å². The fourth-order valence-corrected chi connectivity index (χ4v) is 1.86. The molecule has 0 aliphatic heterocycles. The number of hydrogen-bond donors (Lipinski definition) is 1. The molecular formula is C13H25N5O. The van der Waals surface area contributed by atoms with Crippen molar-refractivity contribution in [2.45, 2.75) is 33.1 Å². The second-order valence-electron chi connectivity index (χ2n) is 4.33. The van der Waals surface area contributed by atoms with Gasteiger partial charge < -0.3 is 15.4 Å². The van der Waals surface area contributed by atoms with E-state index in [1.807, 2.05) is 0 Å². The highest BCUT2D eigenvalue weighted by Crippen LogP contribution is 2.11. The molecule has 0 saturated heterocycles. The van der Waals surface area contributed by atoms with Gasteiger partial charge in [0.25, 0.3) is 0 Å². The molecule has 108 valence electrons. The quantitative estimate of drug-likeness (QED) is 0.713. The summed E-state index contributed by atoms with van der Waals surface area (Å²) >= 11 is 0. The van der Waals surface area contributed by atoms with Gasteiger partial charge in [0.15, 0.2) is 0 Å². The van der Waals surface area contributed by atoms with Gasteiger partial charge in [0, 0.05) is 20.2 Å². The van der Waals surface area contributed by atoms with Gasteiger partial charge >= 0.3 is 0 Å². The van der Waals surface area contributed by atoms with Crippen molar-refractivity contribution < 1.29 is 4.74 Å². The summed E-state index contributed by atoms with van der Waals surface area (Å²) in [7, 11) is 1.69. The van der Waals surface area contributed by atoms with Gasteiger partial charge in [-0.2, -0.15) is 5.10 Å². The largest absolute Gasteiger partial charge is 0.383 e. The Morgan fingerprint density at radius 1 is 1.11 bits per heavy atom. The van der Waals surface area contributed by atoms with Crippen molar-refractivity contribution in [1.29, 1.82) is 0 Å². The maximum Gasteiger partial charge on any atom is 0.245 e. The zero-order valence-electron chi connectivity index (χ0n) is 12.2. The molecule has 1 heterocycles. The first kappa shape index (κ1) is 15.8. The Kier molecular flexibility index (Phi) is 7.28. The zero-order chi connectivity index (χ0) is 14.1. The van der Waals surface area contributed by atoms with Crippen LogP contribution in [-0.4, -0.2) is 48.5 Å². The van der Waals surface area contributed by atoms with Crippen LogP contribution in [0.5, 0.6) is 0 Å². The van der Waals surface area contributed by atoms with Crippen LogP contribution in [0.4, 0.5) is 5.95 Å². The predicted octanol–water partition coefficient (Wildman–Crippen LogP) is 0.798. The third-order valence-corrected chi connectivity index (χ3v) is 2.98. The lowest BCUT2D eigenvalue weighted by Crippen LogP contribution is -2.32. The van der Waals surface area contributed by atoms with Crippen LogP contribution in [0.15, 0.2) is 0 Å². The Hall–Kier alpha value is -1.27. The van der Waals surface area contributed by atoms with Gasteiger partial charge in [-0.1, -0.05) is 13.8 Å². The smallest absolute Gasteiger partial charge is 0.245 e. The van der Waals surface area contributed by atoms with Crippen LogP contribution in [0.3, 0.4) is 0 Å². The second kappa shape index (κ2) is 8.77. The van der Waals surface area contributed by atoms with Gasteiger partial charge in [-0.15, -0.1) is 5.10 Å². The maximum absolute atomic E-state index is 5.57. The van der Waals surface area contributed by atoms with E-state index in [1.54, 1.807) is 7.11 Å². The molecule has 0 unspecified atom stereocenters. The van der Waals surface area contributed by atoms with E-state index >= 15 is 0 Å². The molecular weight excluding hydrogens is 242 g/mol. The lowest BCUT2D eigenvalue weighted by molar-refractivity contribution is 0.204. The van der Waals surface area contributed by atoms with E-state index in [1.165, 1.54) is 0 Å². The van der Waals surface area contributed by atoms with Crippen LogP contribution >= 0.6 is 0 Å². The molecule has 0 spiro atoms. The monoisotopic (exact) mass is 267 g/mol. The van der Waals surface area contributed by atoms with E-state index in [2.05, 4.69) is 33.9 Å². The average molecular weight is 267 g/mol. The summed E-state index contributed by atoms with van der Waals surface area (Å²) in [6.07, 6.45) is 2.65. The van der Waals surface area contributed by atoms with Crippen LogP contribution < -0.4 is 10.6 Å². The molecule has 0 aromatic carbocycles. The lowest BCUT2D eigenvalue weighted by atomic mass is 10.2. The molecule has 6 nitrogen and oxygen atoms in total. The Morgan fingerprint density at radius 2 is 1.84 bits per heavy atom. The highest BCUT2D eigenvalue weighted by Gasteiger charge is 2.12.